The van der Waals surface area contributed by atoms with E-state index in [-0.39, 0.29) is 0 Å². The molecular formula is C17H30N2. The van der Waals surface area contributed by atoms with E-state index in [4.69, 9.17) is 0 Å². The van der Waals surface area contributed by atoms with Crippen molar-refractivity contribution >= 4 is 5.69 Å². The number of unbranched alkanes of at least 4 members (excludes halogenated alkanes) is 3. The predicted octanol–water partition coefficient (Wildman–Crippen LogP) is 4.07. The summed E-state index contributed by atoms with van der Waals surface area (Å²) in [5, 5.41) is 3.46. The Morgan fingerprint density at radius 1 is 0.895 bits per heavy atom. The second-order valence-corrected chi connectivity index (χ2v) is 5.08. The summed E-state index contributed by atoms with van der Waals surface area (Å²) in [4.78, 5) is 2.47. The van der Waals surface area contributed by atoms with Crippen molar-refractivity contribution in [1.29, 1.82) is 0 Å². The maximum absolute atomic E-state index is 3.46. The largest absolute Gasteiger partial charge is 0.372 e. The summed E-state index contributed by atoms with van der Waals surface area (Å²) in [7, 11) is 0. The zero-order chi connectivity index (χ0) is 13.8. The molecule has 0 bridgehead atoms. The van der Waals surface area contributed by atoms with Gasteiger partial charge < -0.3 is 10.2 Å². The summed E-state index contributed by atoms with van der Waals surface area (Å²) >= 11 is 0. The summed E-state index contributed by atoms with van der Waals surface area (Å²) in [6, 6.07) is 10.7. The highest BCUT2D eigenvalue weighted by molar-refractivity contribution is 5.45. The molecule has 108 valence electrons. The Labute approximate surface area is 119 Å². The van der Waals surface area contributed by atoms with Crippen molar-refractivity contribution in [3.63, 3.8) is 0 Å². The number of benzene rings is 1. The number of nitrogens with one attached hydrogen (secondary N) is 1. The molecule has 0 aromatic heterocycles. The van der Waals surface area contributed by atoms with Gasteiger partial charge in [-0.25, -0.2) is 0 Å². The molecule has 1 N–H and O–H groups in total. The van der Waals surface area contributed by atoms with Crippen LogP contribution in [0.3, 0.4) is 0 Å². The molecule has 0 heterocycles. The molecule has 0 spiro atoms. The van der Waals surface area contributed by atoms with Crippen LogP contribution in [-0.2, 0) is 0 Å². The Bertz CT molecular complexity index is 297. The molecule has 0 fully saturated rings. The fraction of sp³-hybridized carbons (Fsp3) is 0.647. The molecule has 1 rings (SSSR count). The van der Waals surface area contributed by atoms with Crippen LogP contribution in [-0.4, -0.2) is 26.2 Å². The standard InChI is InChI=1S/C17H30N2/c1-3-14-18-15-10-5-6-11-16-19(4-2)17-12-8-7-9-13-17/h7-9,12-13,18H,3-6,10-11,14-16H2,1-2H3. The lowest BCUT2D eigenvalue weighted by atomic mass is 10.1. The highest BCUT2D eigenvalue weighted by Crippen LogP contribution is 2.14. The number of nitrogens with zero attached hydrogens (tertiary/aromatic N) is 1. The van der Waals surface area contributed by atoms with Crippen LogP contribution in [0.25, 0.3) is 0 Å². The Morgan fingerprint density at radius 2 is 1.63 bits per heavy atom. The fourth-order valence-corrected chi connectivity index (χ4v) is 2.32. The molecule has 0 saturated heterocycles. The maximum Gasteiger partial charge on any atom is 0.0366 e. The maximum atomic E-state index is 3.46. The first kappa shape index (κ1) is 16.0. The van der Waals surface area contributed by atoms with Crippen molar-refractivity contribution in [1.82, 2.24) is 5.32 Å². The lowest BCUT2D eigenvalue weighted by Crippen LogP contribution is -2.23. The van der Waals surface area contributed by atoms with E-state index in [2.05, 4.69) is 54.4 Å². The highest BCUT2D eigenvalue weighted by Gasteiger charge is 2.02. The van der Waals surface area contributed by atoms with Crippen molar-refractivity contribution in [2.75, 3.05) is 31.1 Å². The molecule has 0 aliphatic carbocycles. The predicted molar refractivity (Wildman–Crippen MR) is 86.0 cm³/mol. The van der Waals surface area contributed by atoms with Gasteiger partial charge in [-0.1, -0.05) is 38.0 Å². The summed E-state index contributed by atoms with van der Waals surface area (Å²) in [5.74, 6) is 0. The molecule has 0 radical (unpaired) electrons. The Kier molecular flexibility index (Phi) is 9.17. The first-order chi connectivity index (χ1) is 9.38. The molecule has 0 aliphatic rings. The first-order valence-electron chi connectivity index (χ1n) is 7.89. The molecule has 19 heavy (non-hydrogen) atoms. The Morgan fingerprint density at radius 3 is 2.32 bits per heavy atom. The third-order valence-electron chi connectivity index (χ3n) is 3.46. The monoisotopic (exact) mass is 262 g/mol. The topological polar surface area (TPSA) is 15.3 Å². The van der Waals surface area contributed by atoms with Gasteiger partial charge in [0.1, 0.15) is 0 Å². The summed E-state index contributed by atoms with van der Waals surface area (Å²) in [6.45, 7) is 9.09. The lowest BCUT2D eigenvalue weighted by molar-refractivity contribution is 0.581. The quantitative estimate of drug-likeness (QED) is 0.605. The van der Waals surface area contributed by atoms with E-state index < -0.39 is 0 Å². The number of anilines is 1. The molecule has 1 aromatic rings. The van der Waals surface area contributed by atoms with E-state index in [9.17, 15) is 0 Å². The molecule has 0 atom stereocenters. The molecule has 0 saturated carbocycles. The zero-order valence-corrected chi connectivity index (χ0v) is 12.7. The van der Waals surface area contributed by atoms with Crippen LogP contribution in [0.1, 0.15) is 46.0 Å². The van der Waals surface area contributed by atoms with Gasteiger partial charge in [-0.2, -0.15) is 0 Å². The smallest absolute Gasteiger partial charge is 0.0366 e. The van der Waals surface area contributed by atoms with E-state index in [0.29, 0.717) is 0 Å². The Balaban J connectivity index is 2.07. The van der Waals surface area contributed by atoms with Crippen molar-refractivity contribution in [3.05, 3.63) is 30.3 Å². The number of hydrogen-bond donors (Lipinski definition) is 1. The van der Waals surface area contributed by atoms with E-state index >= 15 is 0 Å². The van der Waals surface area contributed by atoms with Crippen LogP contribution in [0.5, 0.6) is 0 Å². The van der Waals surface area contributed by atoms with E-state index in [0.717, 1.165) is 13.1 Å². The van der Waals surface area contributed by atoms with Crippen molar-refractivity contribution in [2.24, 2.45) is 0 Å². The van der Waals surface area contributed by atoms with Gasteiger partial charge in [0, 0.05) is 18.8 Å². The first-order valence-corrected chi connectivity index (χ1v) is 7.89. The number of hydrogen-bond acceptors (Lipinski definition) is 2. The molecule has 2 nitrogen and oxygen atoms in total. The van der Waals surface area contributed by atoms with Gasteiger partial charge in [0.25, 0.3) is 0 Å². The summed E-state index contributed by atoms with van der Waals surface area (Å²) < 4.78 is 0. The molecule has 0 amide bonds. The second-order valence-electron chi connectivity index (χ2n) is 5.08. The molecule has 0 unspecified atom stereocenters. The van der Waals surface area contributed by atoms with Gasteiger partial charge in [0.05, 0.1) is 0 Å². The van der Waals surface area contributed by atoms with Crippen molar-refractivity contribution in [3.8, 4) is 0 Å². The van der Waals surface area contributed by atoms with Crippen molar-refractivity contribution < 1.29 is 0 Å². The van der Waals surface area contributed by atoms with E-state index in [1.165, 1.54) is 50.9 Å². The fourth-order valence-electron chi connectivity index (χ4n) is 2.32. The van der Waals surface area contributed by atoms with Gasteiger partial charge in [-0.3, -0.25) is 0 Å². The minimum absolute atomic E-state index is 1.10. The highest BCUT2D eigenvalue weighted by atomic mass is 15.1. The Hall–Kier alpha value is -1.02. The number of rotatable bonds is 11. The van der Waals surface area contributed by atoms with Gasteiger partial charge in [-0.05, 0) is 51.4 Å². The van der Waals surface area contributed by atoms with E-state index in [1.54, 1.807) is 0 Å². The minimum Gasteiger partial charge on any atom is -0.372 e. The summed E-state index contributed by atoms with van der Waals surface area (Å²) in [6.07, 6.45) is 6.55. The third kappa shape index (κ3) is 7.22. The van der Waals surface area contributed by atoms with Gasteiger partial charge >= 0.3 is 0 Å². The SMILES string of the molecule is CCCNCCCCCCN(CC)c1ccccc1. The normalized spacial score (nSPS) is 10.6. The van der Waals surface area contributed by atoms with Crippen molar-refractivity contribution in [2.45, 2.75) is 46.0 Å². The van der Waals surface area contributed by atoms with Crippen LogP contribution < -0.4 is 10.2 Å². The average Bonchev–Trinajstić information content (AvgIpc) is 2.47. The minimum atomic E-state index is 1.10. The van der Waals surface area contributed by atoms with Gasteiger partial charge in [0.2, 0.25) is 0 Å². The molecule has 1 aromatic carbocycles. The van der Waals surface area contributed by atoms with Crippen LogP contribution in [0, 0.1) is 0 Å². The van der Waals surface area contributed by atoms with Crippen LogP contribution in [0.15, 0.2) is 30.3 Å². The second kappa shape index (κ2) is 10.9. The third-order valence-corrected chi connectivity index (χ3v) is 3.46. The zero-order valence-electron chi connectivity index (χ0n) is 12.7. The van der Waals surface area contributed by atoms with E-state index in [1.807, 2.05) is 0 Å². The summed E-state index contributed by atoms with van der Waals surface area (Å²) in [5.41, 5.74) is 1.36. The molecular weight excluding hydrogens is 232 g/mol. The van der Waals surface area contributed by atoms with Crippen LogP contribution in [0.4, 0.5) is 5.69 Å². The lowest BCUT2D eigenvalue weighted by Gasteiger charge is -2.23. The van der Waals surface area contributed by atoms with Gasteiger partial charge in [0.15, 0.2) is 0 Å². The van der Waals surface area contributed by atoms with Crippen LogP contribution >= 0.6 is 0 Å². The average molecular weight is 262 g/mol. The molecule has 2 heteroatoms. The van der Waals surface area contributed by atoms with Crippen LogP contribution in [0.2, 0.25) is 0 Å². The van der Waals surface area contributed by atoms with Gasteiger partial charge in [-0.15, -0.1) is 0 Å². The number of para-hydroxylation sites is 1. The molecule has 0 aliphatic heterocycles.